The van der Waals surface area contributed by atoms with Gasteiger partial charge in [0.05, 0.1) is 19.6 Å². The Hall–Kier alpha value is -1.95. The summed E-state index contributed by atoms with van der Waals surface area (Å²) in [5.41, 5.74) is 0.0315. The minimum atomic E-state index is -0.535. The van der Waals surface area contributed by atoms with Gasteiger partial charge in [0.1, 0.15) is 25.0 Å². The van der Waals surface area contributed by atoms with Crippen molar-refractivity contribution in [1.29, 1.82) is 0 Å². The molecule has 0 amide bonds. The van der Waals surface area contributed by atoms with Crippen molar-refractivity contribution in [3.05, 3.63) is 52.7 Å². The average molecular weight is 387 g/mol. The molecule has 1 aromatic heterocycles. The van der Waals surface area contributed by atoms with Gasteiger partial charge in [-0.15, -0.1) is 11.3 Å². The largest absolute Gasteiger partial charge is 0.491 e. The first-order valence-corrected chi connectivity index (χ1v) is 10.4. The van der Waals surface area contributed by atoms with Crippen molar-refractivity contribution in [1.82, 2.24) is 0 Å². The molecule has 5 heteroatoms. The number of aliphatic hydroxyl groups excluding tert-OH is 1. The smallest absolute Gasteiger partial charge is 0.196 e. The van der Waals surface area contributed by atoms with Gasteiger partial charge in [-0.3, -0.25) is 4.79 Å². The van der Waals surface area contributed by atoms with E-state index in [0.717, 1.165) is 38.9 Å². The molecule has 0 aliphatic heterocycles. The fraction of sp³-hybridized carbons (Fsp3) is 0.409. The lowest BCUT2D eigenvalue weighted by Gasteiger charge is -2.37. The topological polar surface area (TPSA) is 46.5 Å². The number of benzene rings is 2. The number of hydrogen-bond donors (Lipinski definition) is 1. The molecule has 0 saturated heterocycles. The summed E-state index contributed by atoms with van der Waals surface area (Å²) < 4.78 is 8.65. The number of nitrogens with zero attached hydrogens (tertiary/aromatic N) is 1. The second-order valence-corrected chi connectivity index (χ2v) is 8.11. The first kappa shape index (κ1) is 19.8. The molecule has 1 heterocycles. The van der Waals surface area contributed by atoms with E-state index in [9.17, 15) is 9.90 Å². The lowest BCUT2D eigenvalue weighted by molar-refractivity contribution is -0.926. The highest BCUT2D eigenvalue weighted by atomic mass is 32.1. The van der Waals surface area contributed by atoms with Gasteiger partial charge in [0, 0.05) is 20.2 Å². The van der Waals surface area contributed by atoms with Gasteiger partial charge in [0.2, 0.25) is 0 Å². The van der Waals surface area contributed by atoms with E-state index in [1.807, 2.05) is 36.4 Å². The van der Waals surface area contributed by atoms with E-state index in [4.69, 9.17) is 4.74 Å². The van der Waals surface area contributed by atoms with Crippen LogP contribution < -0.4 is 10.2 Å². The monoisotopic (exact) mass is 386 g/mol. The normalized spacial score (nSPS) is 13.2. The molecule has 1 unspecified atom stereocenters. The van der Waals surface area contributed by atoms with E-state index in [0.29, 0.717) is 17.7 Å². The van der Waals surface area contributed by atoms with Gasteiger partial charge in [0.25, 0.3) is 0 Å². The number of hydrogen-bond acceptors (Lipinski definition) is 4. The third-order valence-electron chi connectivity index (χ3n) is 5.60. The van der Waals surface area contributed by atoms with Crippen LogP contribution >= 0.6 is 11.3 Å². The highest BCUT2D eigenvalue weighted by molar-refractivity contribution is 7.24. The number of fused-ring (bicyclic) bond motifs is 2. The fourth-order valence-electron chi connectivity index (χ4n) is 3.62. The third kappa shape index (κ3) is 4.15. The first-order valence-electron chi connectivity index (χ1n) is 9.63. The fourth-order valence-corrected chi connectivity index (χ4v) is 4.67. The summed E-state index contributed by atoms with van der Waals surface area (Å²) in [6, 6.07) is 13.3. The quantitative estimate of drug-likeness (QED) is 0.470. The molecule has 3 aromatic rings. The lowest BCUT2D eigenvalue weighted by Crippen LogP contribution is -2.52. The Morgan fingerprint density at radius 1 is 1.00 bits per heavy atom. The van der Waals surface area contributed by atoms with Gasteiger partial charge in [0.15, 0.2) is 5.43 Å². The molecule has 0 bridgehead atoms. The van der Waals surface area contributed by atoms with Crippen LogP contribution in [0.25, 0.3) is 20.2 Å². The van der Waals surface area contributed by atoms with Crippen molar-refractivity contribution >= 4 is 31.5 Å². The van der Waals surface area contributed by atoms with Gasteiger partial charge in [-0.2, -0.15) is 0 Å². The summed E-state index contributed by atoms with van der Waals surface area (Å²) in [6.45, 7) is 10.4. The zero-order chi connectivity index (χ0) is 19.4. The Morgan fingerprint density at radius 2 is 1.67 bits per heavy atom. The van der Waals surface area contributed by atoms with Crippen molar-refractivity contribution in [2.24, 2.45) is 0 Å². The van der Waals surface area contributed by atoms with Gasteiger partial charge < -0.3 is 14.3 Å². The zero-order valence-electron chi connectivity index (χ0n) is 16.3. The summed E-state index contributed by atoms with van der Waals surface area (Å²) in [4.78, 5) is 12.8. The molecule has 0 radical (unpaired) electrons. The van der Waals surface area contributed by atoms with Crippen LogP contribution in [-0.4, -0.2) is 48.5 Å². The summed E-state index contributed by atoms with van der Waals surface area (Å²) >= 11 is 1.61. The van der Waals surface area contributed by atoms with Crippen molar-refractivity contribution in [2.75, 3.05) is 32.8 Å². The highest BCUT2D eigenvalue weighted by Crippen LogP contribution is 2.27. The third-order valence-corrected chi connectivity index (χ3v) is 6.75. The molecule has 1 N–H and O–H groups in total. The second-order valence-electron chi connectivity index (χ2n) is 7.02. The Labute approximate surface area is 164 Å². The lowest BCUT2D eigenvalue weighted by atomic mass is 10.2. The Kier molecular flexibility index (Phi) is 6.15. The SMILES string of the molecule is CC[N+](CC)(CC)CC(O)COc1ccc2sc3ccccc3c(=O)c2c1. The Balaban J connectivity index is 1.79. The van der Waals surface area contributed by atoms with Crippen LogP contribution in [0.3, 0.4) is 0 Å². The van der Waals surface area contributed by atoms with E-state index in [-0.39, 0.29) is 12.0 Å². The number of likely N-dealkylation sites (N-methyl/N-ethyl adjacent to an activating group) is 1. The van der Waals surface area contributed by atoms with E-state index >= 15 is 0 Å². The van der Waals surface area contributed by atoms with Crippen LogP contribution in [-0.2, 0) is 0 Å². The van der Waals surface area contributed by atoms with E-state index in [1.165, 1.54) is 0 Å². The minimum Gasteiger partial charge on any atom is -0.491 e. The molecular weight excluding hydrogens is 358 g/mol. The van der Waals surface area contributed by atoms with Gasteiger partial charge in [-0.05, 0) is 51.1 Å². The first-order chi connectivity index (χ1) is 13.0. The van der Waals surface area contributed by atoms with Gasteiger partial charge in [-0.1, -0.05) is 12.1 Å². The summed E-state index contributed by atoms with van der Waals surface area (Å²) in [6.07, 6.45) is -0.535. The average Bonchev–Trinajstić information content (AvgIpc) is 2.71. The maximum Gasteiger partial charge on any atom is 0.196 e. The molecule has 0 fully saturated rings. The standard InChI is InChI=1S/C22H28NO3S/c1-4-23(5-2,6-3)14-16(24)15-26-17-11-12-21-19(13-17)22(25)18-9-7-8-10-20(18)27-21/h7-13,16,24H,4-6,14-15H2,1-3H3/q+1. The van der Waals surface area contributed by atoms with Crippen LogP contribution in [0.4, 0.5) is 0 Å². The van der Waals surface area contributed by atoms with Gasteiger partial charge >= 0.3 is 0 Å². The van der Waals surface area contributed by atoms with Gasteiger partial charge in [-0.25, -0.2) is 0 Å². The van der Waals surface area contributed by atoms with Crippen LogP contribution in [0.15, 0.2) is 47.3 Å². The molecule has 0 aliphatic carbocycles. The molecular formula is C22H28NO3S+. The van der Waals surface area contributed by atoms with Crippen LogP contribution in [0.5, 0.6) is 5.75 Å². The molecule has 1 atom stereocenters. The molecule has 3 rings (SSSR count). The molecule has 0 aliphatic rings. The molecule has 0 saturated carbocycles. The number of rotatable bonds is 8. The summed E-state index contributed by atoms with van der Waals surface area (Å²) in [7, 11) is 0. The van der Waals surface area contributed by atoms with Crippen molar-refractivity contribution in [3.63, 3.8) is 0 Å². The number of quaternary nitrogens is 1. The Bertz CT molecular complexity index is 970. The molecule has 4 nitrogen and oxygen atoms in total. The summed E-state index contributed by atoms with van der Waals surface area (Å²) in [5, 5.41) is 11.9. The molecule has 144 valence electrons. The van der Waals surface area contributed by atoms with Crippen LogP contribution in [0, 0.1) is 0 Å². The Morgan fingerprint density at radius 3 is 2.37 bits per heavy atom. The summed E-state index contributed by atoms with van der Waals surface area (Å²) in [5.74, 6) is 0.628. The zero-order valence-corrected chi connectivity index (χ0v) is 17.1. The minimum absolute atomic E-state index is 0.0315. The maximum absolute atomic E-state index is 12.8. The van der Waals surface area contributed by atoms with E-state index in [1.54, 1.807) is 17.4 Å². The predicted octanol–water partition coefficient (Wildman–Crippen LogP) is 4.03. The van der Waals surface area contributed by atoms with Crippen LogP contribution in [0.1, 0.15) is 20.8 Å². The molecule has 27 heavy (non-hydrogen) atoms. The van der Waals surface area contributed by atoms with E-state index < -0.39 is 6.10 Å². The highest BCUT2D eigenvalue weighted by Gasteiger charge is 2.25. The molecule has 2 aromatic carbocycles. The molecule has 0 spiro atoms. The van der Waals surface area contributed by atoms with Crippen molar-refractivity contribution in [2.45, 2.75) is 26.9 Å². The predicted molar refractivity (Wildman–Crippen MR) is 114 cm³/mol. The maximum atomic E-state index is 12.8. The van der Waals surface area contributed by atoms with Crippen LogP contribution in [0.2, 0.25) is 0 Å². The second kappa shape index (κ2) is 8.38. The number of ether oxygens (including phenoxy) is 1. The van der Waals surface area contributed by atoms with Crippen molar-refractivity contribution in [3.8, 4) is 5.75 Å². The van der Waals surface area contributed by atoms with Crippen molar-refractivity contribution < 1.29 is 14.3 Å². The van der Waals surface area contributed by atoms with E-state index in [2.05, 4.69) is 20.8 Å². The number of aliphatic hydroxyl groups is 1.